The van der Waals surface area contributed by atoms with E-state index in [0.29, 0.717) is 16.9 Å². The van der Waals surface area contributed by atoms with Crippen molar-refractivity contribution < 1.29 is 19.6 Å². The van der Waals surface area contributed by atoms with Crippen LogP contribution >= 0.6 is 11.6 Å². The Balaban J connectivity index is 1.68. The van der Waals surface area contributed by atoms with Gasteiger partial charge in [-0.2, -0.15) is 0 Å². The number of nitrogens with zero attached hydrogens (tertiary/aromatic N) is 2. The van der Waals surface area contributed by atoms with E-state index in [4.69, 9.17) is 16.7 Å². The molecular weight excluding hydrogens is 512 g/mol. The molecule has 1 aromatic heterocycles. The quantitative estimate of drug-likeness (QED) is 0.199. The van der Waals surface area contributed by atoms with E-state index >= 15 is 0 Å². The van der Waals surface area contributed by atoms with Crippen molar-refractivity contribution in [3.8, 4) is 11.1 Å². The Hall–Kier alpha value is -4.96. The molecule has 0 fully saturated rings. The number of halogens is 1. The van der Waals surface area contributed by atoms with E-state index in [-0.39, 0.29) is 22.7 Å². The summed E-state index contributed by atoms with van der Waals surface area (Å²) in [6, 6.07) is 21.1. The number of amides is 2. The molecule has 11 heteroatoms. The van der Waals surface area contributed by atoms with E-state index in [1.54, 1.807) is 0 Å². The molecule has 2 amide bonds. The number of rotatable bonds is 8. The number of nitrogens with one attached hydrogen (secondary N) is 2. The van der Waals surface area contributed by atoms with Gasteiger partial charge in [-0.3, -0.25) is 25.0 Å². The summed E-state index contributed by atoms with van der Waals surface area (Å²) in [5, 5.41) is 25.6. The van der Waals surface area contributed by atoms with Crippen LogP contribution in [-0.4, -0.2) is 26.6 Å². The number of carbonyl (C=O) groups is 2. The first-order valence-corrected chi connectivity index (χ1v) is 11.7. The lowest BCUT2D eigenvalue weighted by Gasteiger charge is -2.20. The minimum absolute atomic E-state index is 0.186. The molecule has 0 radical (unpaired) electrons. The minimum Gasteiger partial charge on any atom is -0.465 e. The normalized spacial score (nSPS) is 11.4. The average Bonchev–Trinajstić information content (AvgIpc) is 2.88. The van der Waals surface area contributed by atoms with Gasteiger partial charge in [0, 0.05) is 41.1 Å². The highest BCUT2D eigenvalue weighted by atomic mass is 35.5. The smallest absolute Gasteiger partial charge is 0.409 e. The first-order valence-electron chi connectivity index (χ1n) is 11.3. The lowest BCUT2D eigenvalue weighted by molar-refractivity contribution is -0.384. The zero-order valence-electron chi connectivity index (χ0n) is 19.7. The summed E-state index contributed by atoms with van der Waals surface area (Å²) in [7, 11) is 0. The van der Waals surface area contributed by atoms with Crippen LogP contribution < -0.4 is 16.2 Å². The van der Waals surface area contributed by atoms with Crippen LogP contribution in [0.2, 0.25) is 5.02 Å². The van der Waals surface area contributed by atoms with Crippen LogP contribution in [0.15, 0.2) is 95.9 Å². The molecule has 192 valence electrons. The molecule has 4 aromatic rings. The van der Waals surface area contributed by atoms with E-state index in [9.17, 15) is 24.5 Å². The molecular formula is C27H21ClN4O6. The average molecular weight is 533 g/mol. The SMILES string of the molecule is O=C(O)Nc1ccc(NC(=O)C(Cc2ccccc2)n2ccc(-c3cc(Cl)ccc3[N+](=O)[O-])cc2=O)cc1. The summed E-state index contributed by atoms with van der Waals surface area (Å²) in [6.45, 7) is 0. The molecule has 1 unspecified atom stereocenters. The number of aromatic nitrogens is 1. The van der Waals surface area contributed by atoms with Crippen LogP contribution in [0.4, 0.5) is 21.9 Å². The van der Waals surface area contributed by atoms with E-state index < -0.39 is 28.5 Å². The van der Waals surface area contributed by atoms with Crippen LogP contribution in [0.1, 0.15) is 11.6 Å². The van der Waals surface area contributed by atoms with Crippen LogP contribution in [0, 0.1) is 10.1 Å². The second kappa shape index (κ2) is 11.4. The van der Waals surface area contributed by atoms with E-state index in [2.05, 4.69) is 10.6 Å². The van der Waals surface area contributed by atoms with Crippen molar-refractivity contribution in [2.24, 2.45) is 0 Å². The lowest BCUT2D eigenvalue weighted by Crippen LogP contribution is -2.34. The Morgan fingerprint density at radius 1 is 0.947 bits per heavy atom. The molecule has 10 nitrogen and oxygen atoms in total. The third-order valence-corrected chi connectivity index (χ3v) is 5.96. The number of anilines is 2. The number of carboxylic acid groups (broad SMARTS) is 1. The number of benzene rings is 3. The molecule has 0 spiro atoms. The van der Waals surface area contributed by atoms with E-state index in [0.717, 1.165) is 5.56 Å². The van der Waals surface area contributed by atoms with Crippen molar-refractivity contribution in [2.45, 2.75) is 12.5 Å². The van der Waals surface area contributed by atoms with Gasteiger partial charge in [0.1, 0.15) is 6.04 Å². The van der Waals surface area contributed by atoms with Gasteiger partial charge in [-0.15, -0.1) is 0 Å². The van der Waals surface area contributed by atoms with Gasteiger partial charge in [0.2, 0.25) is 5.91 Å². The van der Waals surface area contributed by atoms with Gasteiger partial charge in [-0.1, -0.05) is 41.9 Å². The number of hydrogen-bond acceptors (Lipinski definition) is 5. The zero-order chi connectivity index (χ0) is 27.2. The van der Waals surface area contributed by atoms with Gasteiger partial charge in [-0.05, 0) is 53.6 Å². The van der Waals surface area contributed by atoms with Crippen molar-refractivity contribution in [3.05, 3.63) is 122 Å². The zero-order valence-corrected chi connectivity index (χ0v) is 20.5. The van der Waals surface area contributed by atoms with Crippen LogP contribution in [0.3, 0.4) is 0 Å². The molecule has 0 aliphatic carbocycles. The van der Waals surface area contributed by atoms with Crippen LogP contribution in [0.25, 0.3) is 11.1 Å². The van der Waals surface area contributed by atoms with E-state index in [1.165, 1.54) is 65.4 Å². The highest BCUT2D eigenvalue weighted by molar-refractivity contribution is 6.31. The van der Waals surface area contributed by atoms with Gasteiger partial charge < -0.3 is 15.0 Å². The molecule has 4 rings (SSSR count). The number of nitro benzene ring substituents is 1. The summed E-state index contributed by atoms with van der Waals surface area (Å²) in [6.07, 6.45) is 0.410. The first kappa shape index (κ1) is 26.1. The maximum atomic E-state index is 13.4. The summed E-state index contributed by atoms with van der Waals surface area (Å²) in [4.78, 5) is 48.4. The molecule has 0 aliphatic heterocycles. The second-order valence-electron chi connectivity index (χ2n) is 8.28. The molecule has 3 aromatic carbocycles. The van der Waals surface area contributed by atoms with Gasteiger partial charge in [0.15, 0.2) is 0 Å². The standard InChI is InChI=1S/C27H21ClN4O6/c28-19-6-11-23(32(37)38)22(16-19)18-12-13-31(25(33)15-18)24(14-17-4-2-1-3-5-17)26(34)29-20-7-9-21(10-8-20)30-27(35)36/h1-13,15-16,24,30H,14H2,(H,29,34)(H,35,36). The number of hydrogen-bond donors (Lipinski definition) is 3. The Labute approximate surface area is 221 Å². The largest absolute Gasteiger partial charge is 0.465 e. The van der Waals surface area contributed by atoms with Crippen molar-refractivity contribution >= 4 is 40.7 Å². The second-order valence-corrected chi connectivity index (χ2v) is 8.72. The third-order valence-electron chi connectivity index (χ3n) is 5.73. The van der Waals surface area contributed by atoms with Gasteiger partial charge >= 0.3 is 6.09 Å². The first-order chi connectivity index (χ1) is 18.2. The van der Waals surface area contributed by atoms with Crippen LogP contribution in [0.5, 0.6) is 0 Å². The molecule has 38 heavy (non-hydrogen) atoms. The monoisotopic (exact) mass is 532 g/mol. The minimum atomic E-state index is -1.21. The summed E-state index contributed by atoms with van der Waals surface area (Å²) in [5.74, 6) is -0.476. The predicted molar refractivity (Wildman–Crippen MR) is 144 cm³/mol. The van der Waals surface area contributed by atoms with Crippen molar-refractivity contribution in [2.75, 3.05) is 10.6 Å². The number of carbonyl (C=O) groups excluding carboxylic acids is 1. The molecule has 0 saturated carbocycles. The Bertz CT molecular complexity index is 1550. The highest BCUT2D eigenvalue weighted by Gasteiger charge is 2.24. The summed E-state index contributed by atoms with van der Waals surface area (Å²) in [5.41, 5.74) is 1.29. The van der Waals surface area contributed by atoms with Crippen LogP contribution in [-0.2, 0) is 11.2 Å². The maximum Gasteiger partial charge on any atom is 0.409 e. The number of nitro groups is 1. The van der Waals surface area contributed by atoms with Crippen molar-refractivity contribution in [3.63, 3.8) is 0 Å². The molecule has 0 bridgehead atoms. The highest BCUT2D eigenvalue weighted by Crippen LogP contribution is 2.32. The van der Waals surface area contributed by atoms with Crippen molar-refractivity contribution in [1.82, 2.24) is 4.57 Å². The number of pyridine rings is 1. The van der Waals surface area contributed by atoms with Gasteiger partial charge in [0.05, 0.1) is 10.5 Å². The van der Waals surface area contributed by atoms with E-state index in [1.807, 2.05) is 30.3 Å². The molecule has 1 atom stereocenters. The third kappa shape index (κ3) is 6.23. The fraction of sp³-hybridized carbons (Fsp3) is 0.0741. The Morgan fingerprint density at radius 3 is 2.21 bits per heavy atom. The molecule has 0 saturated heterocycles. The maximum absolute atomic E-state index is 13.4. The predicted octanol–water partition coefficient (Wildman–Crippen LogP) is 5.59. The summed E-state index contributed by atoms with van der Waals surface area (Å²) < 4.78 is 1.27. The van der Waals surface area contributed by atoms with Gasteiger partial charge in [0.25, 0.3) is 11.2 Å². The Morgan fingerprint density at radius 2 is 1.61 bits per heavy atom. The topological polar surface area (TPSA) is 144 Å². The fourth-order valence-corrected chi connectivity index (χ4v) is 4.13. The lowest BCUT2D eigenvalue weighted by atomic mass is 10.0. The Kier molecular flexibility index (Phi) is 7.83. The van der Waals surface area contributed by atoms with Gasteiger partial charge in [-0.25, -0.2) is 4.79 Å². The molecule has 0 aliphatic rings. The fourth-order valence-electron chi connectivity index (χ4n) is 3.95. The molecule has 1 heterocycles. The van der Waals surface area contributed by atoms with Crippen molar-refractivity contribution in [1.29, 1.82) is 0 Å². The summed E-state index contributed by atoms with van der Waals surface area (Å²) >= 11 is 6.04. The molecule has 3 N–H and O–H groups in total.